The van der Waals surface area contributed by atoms with Crippen molar-refractivity contribution in [2.24, 2.45) is 0 Å². The standard InChI is InChI=1S/C23H19N5O5/c29-20(26-11-16-3-4-18-19(10-16)33-14-32-18)13-27-17-2-1-7-25-21(17)22(30)28(23(27)31)12-15-5-8-24-9-6-15/h1-10H,11-14H2,(H,26,29). The van der Waals surface area contributed by atoms with E-state index in [1.165, 1.54) is 10.8 Å². The number of ether oxygens (including phenoxy) is 2. The Bertz CT molecular complexity index is 1460. The summed E-state index contributed by atoms with van der Waals surface area (Å²) in [5, 5.41) is 2.80. The molecule has 10 nitrogen and oxygen atoms in total. The van der Waals surface area contributed by atoms with Crippen LogP contribution >= 0.6 is 0 Å². The molecule has 0 fully saturated rings. The van der Waals surface area contributed by atoms with E-state index in [1.54, 1.807) is 48.8 Å². The highest BCUT2D eigenvalue weighted by Crippen LogP contribution is 2.32. The highest BCUT2D eigenvalue weighted by molar-refractivity contribution is 5.79. The highest BCUT2D eigenvalue weighted by atomic mass is 16.7. The second kappa shape index (κ2) is 8.58. The van der Waals surface area contributed by atoms with Crippen LogP contribution in [0.5, 0.6) is 11.5 Å². The number of nitrogens with zero attached hydrogens (tertiary/aromatic N) is 4. The van der Waals surface area contributed by atoms with Crippen molar-refractivity contribution < 1.29 is 14.3 Å². The number of benzene rings is 1. The number of pyridine rings is 2. The molecule has 0 saturated carbocycles. The van der Waals surface area contributed by atoms with Crippen LogP contribution in [-0.4, -0.2) is 31.8 Å². The molecule has 1 N–H and O–H groups in total. The van der Waals surface area contributed by atoms with Crippen LogP contribution in [-0.2, 0) is 24.4 Å². The summed E-state index contributed by atoms with van der Waals surface area (Å²) in [5.41, 5.74) is 0.888. The number of rotatable bonds is 6. The van der Waals surface area contributed by atoms with E-state index < -0.39 is 11.2 Å². The molecular formula is C23H19N5O5. The fraction of sp³-hybridized carbons (Fsp3) is 0.174. The van der Waals surface area contributed by atoms with Gasteiger partial charge in [0.2, 0.25) is 12.7 Å². The summed E-state index contributed by atoms with van der Waals surface area (Å²) in [6, 6.07) is 12.1. The molecule has 0 unspecified atom stereocenters. The second-order valence-corrected chi connectivity index (χ2v) is 7.45. The molecule has 0 atom stereocenters. The van der Waals surface area contributed by atoms with Crippen LogP contribution in [0.15, 0.2) is 70.6 Å². The monoisotopic (exact) mass is 445 g/mol. The molecule has 1 aliphatic rings. The van der Waals surface area contributed by atoms with Crippen molar-refractivity contribution in [1.82, 2.24) is 24.4 Å². The van der Waals surface area contributed by atoms with Gasteiger partial charge >= 0.3 is 5.69 Å². The van der Waals surface area contributed by atoms with Crippen LogP contribution in [0.1, 0.15) is 11.1 Å². The molecule has 0 spiro atoms. The Hall–Kier alpha value is -4.47. The topological polar surface area (TPSA) is 117 Å². The first-order valence-corrected chi connectivity index (χ1v) is 10.2. The van der Waals surface area contributed by atoms with Crippen molar-refractivity contribution in [3.63, 3.8) is 0 Å². The van der Waals surface area contributed by atoms with Crippen molar-refractivity contribution in [3.8, 4) is 11.5 Å². The molecule has 166 valence electrons. The average Bonchev–Trinajstić information content (AvgIpc) is 3.32. The number of aromatic nitrogens is 4. The Labute approximate surface area is 187 Å². The van der Waals surface area contributed by atoms with Gasteiger partial charge in [-0.3, -0.25) is 23.7 Å². The van der Waals surface area contributed by atoms with Crippen molar-refractivity contribution in [2.45, 2.75) is 19.6 Å². The first-order chi connectivity index (χ1) is 16.1. The number of hydrogen-bond acceptors (Lipinski definition) is 7. The van der Waals surface area contributed by atoms with Crippen LogP contribution in [0.25, 0.3) is 11.0 Å². The molecule has 10 heteroatoms. The number of carbonyl (C=O) groups excluding carboxylic acids is 1. The van der Waals surface area contributed by atoms with Crippen molar-refractivity contribution in [2.75, 3.05) is 6.79 Å². The van der Waals surface area contributed by atoms with E-state index in [0.29, 0.717) is 17.0 Å². The minimum absolute atomic E-state index is 0.0471. The van der Waals surface area contributed by atoms with E-state index in [4.69, 9.17) is 9.47 Å². The second-order valence-electron chi connectivity index (χ2n) is 7.45. The first kappa shape index (κ1) is 20.4. The summed E-state index contributed by atoms with van der Waals surface area (Å²) in [7, 11) is 0. The highest BCUT2D eigenvalue weighted by Gasteiger charge is 2.17. The summed E-state index contributed by atoms with van der Waals surface area (Å²) in [5.74, 6) is 0.902. The van der Waals surface area contributed by atoms with Crippen molar-refractivity contribution >= 4 is 16.9 Å². The lowest BCUT2D eigenvalue weighted by molar-refractivity contribution is -0.121. The summed E-state index contributed by atoms with van der Waals surface area (Å²) < 4.78 is 13.0. The average molecular weight is 445 g/mol. The van der Waals surface area contributed by atoms with Crippen LogP contribution in [0.3, 0.4) is 0 Å². The van der Waals surface area contributed by atoms with Gasteiger partial charge < -0.3 is 14.8 Å². The largest absolute Gasteiger partial charge is 0.454 e. The first-order valence-electron chi connectivity index (χ1n) is 10.2. The molecule has 4 heterocycles. The van der Waals surface area contributed by atoms with Gasteiger partial charge in [-0.2, -0.15) is 0 Å². The summed E-state index contributed by atoms with van der Waals surface area (Å²) in [4.78, 5) is 47.0. The molecule has 33 heavy (non-hydrogen) atoms. The Morgan fingerprint density at radius 3 is 2.64 bits per heavy atom. The maximum Gasteiger partial charge on any atom is 0.332 e. The van der Waals surface area contributed by atoms with Gasteiger partial charge in [-0.05, 0) is 47.5 Å². The number of nitrogens with one attached hydrogen (secondary N) is 1. The molecule has 0 saturated heterocycles. The molecule has 0 aliphatic carbocycles. The Morgan fingerprint density at radius 2 is 1.79 bits per heavy atom. The van der Waals surface area contributed by atoms with E-state index in [9.17, 15) is 14.4 Å². The molecule has 1 aliphatic heterocycles. The van der Waals surface area contributed by atoms with E-state index in [-0.39, 0.29) is 37.9 Å². The molecule has 5 rings (SSSR count). The zero-order valence-electron chi connectivity index (χ0n) is 17.4. The van der Waals surface area contributed by atoms with Gasteiger partial charge in [-0.25, -0.2) is 9.78 Å². The van der Waals surface area contributed by atoms with E-state index in [0.717, 1.165) is 15.7 Å². The SMILES string of the molecule is O=C(Cn1c(=O)n(Cc2ccncc2)c(=O)c2ncccc21)NCc1ccc2c(c1)OCO2. The zero-order valence-corrected chi connectivity index (χ0v) is 17.4. The Kier molecular flexibility index (Phi) is 5.31. The Balaban J connectivity index is 1.42. The molecule has 0 radical (unpaired) electrons. The molecular weight excluding hydrogens is 426 g/mol. The van der Waals surface area contributed by atoms with Crippen LogP contribution in [0, 0.1) is 0 Å². The van der Waals surface area contributed by atoms with Gasteiger partial charge in [0.15, 0.2) is 17.0 Å². The maximum absolute atomic E-state index is 13.2. The van der Waals surface area contributed by atoms with Gasteiger partial charge in [-0.15, -0.1) is 0 Å². The van der Waals surface area contributed by atoms with Crippen molar-refractivity contribution in [3.05, 3.63) is 93.0 Å². The molecule has 1 aromatic carbocycles. The van der Waals surface area contributed by atoms with Gasteiger partial charge in [-0.1, -0.05) is 6.07 Å². The third-order valence-electron chi connectivity index (χ3n) is 5.31. The normalized spacial score (nSPS) is 12.1. The minimum atomic E-state index is -0.587. The molecule has 1 amide bonds. The lowest BCUT2D eigenvalue weighted by atomic mass is 10.2. The van der Waals surface area contributed by atoms with Gasteiger partial charge in [0.05, 0.1) is 12.1 Å². The van der Waals surface area contributed by atoms with E-state index >= 15 is 0 Å². The Morgan fingerprint density at radius 1 is 0.970 bits per heavy atom. The smallest absolute Gasteiger partial charge is 0.332 e. The third-order valence-corrected chi connectivity index (χ3v) is 5.31. The predicted octanol–water partition coefficient (Wildman–Crippen LogP) is 1.05. The lowest BCUT2D eigenvalue weighted by Gasteiger charge is -2.14. The molecule has 0 bridgehead atoms. The zero-order chi connectivity index (χ0) is 22.8. The van der Waals surface area contributed by atoms with E-state index in [2.05, 4.69) is 15.3 Å². The number of fused-ring (bicyclic) bond motifs is 2. The fourth-order valence-corrected chi connectivity index (χ4v) is 3.66. The van der Waals surface area contributed by atoms with Gasteiger partial charge in [0.25, 0.3) is 5.56 Å². The summed E-state index contributed by atoms with van der Waals surface area (Å²) in [6.45, 7) is 0.204. The maximum atomic E-state index is 13.2. The fourth-order valence-electron chi connectivity index (χ4n) is 3.66. The van der Waals surface area contributed by atoms with E-state index in [1.807, 2.05) is 6.07 Å². The number of amides is 1. The van der Waals surface area contributed by atoms with Crippen LogP contribution in [0.2, 0.25) is 0 Å². The summed E-state index contributed by atoms with van der Waals surface area (Å²) >= 11 is 0. The minimum Gasteiger partial charge on any atom is -0.454 e. The summed E-state index contributed by atoms with van der Waals surface area (Å²) in [6.07, 6.45) is 4.65. The molecule has 4 aromatic rings. The molecule has 3 aromatic heterocycles. The number of hydrogen-bond donors (Lipinski definition) is 1. The quantitative estimate of drug-likeness (QED) is 0.471. The number of carbonyl (C=O) groups is 1. The third kappa shape index (κ3) is 4.05. The van der Waals surface area contributed by atoms with Crippen LogP contribution < -0.4 is 26.0 Å². The van der Waals surface area contributed by atoms with Crippen molar-refractivity contribution in [1.29, 1.82) is 0 Å². The van der Waals surface area contributed by atoms with Gasteiger partial charge in [0, 0.05) is 25.1 Å². The van der Waals surface area contributed by atoms with Crippen LogP contribution in [0.4, 0.5) is 0 Å². The predicted molar refractivity (Wildman–Crippen MR) is 118 cm³/mol. The lowest BCUT2D eigenvalue weighted by Crippen LogP contribution is -2.43. The van der Waals surface area contributed by atoms with Gasteiger partial charge in [0.1, 0.15) is 6.54 Å².